The van der Waals surface area contributed by atoms with Crippen LogP contribution in [0.15, 0.2) is 134 Å². The van der Waals surface area contributed by atoms with Gasteiger partial charge in [-0.2, -0.15) is 26.3 Å². The molecule has 4 N–H and O–H groups in total. The molecule has 2 amide bonds. The number of aryl methyl sites for hydroxylation is 3. The zero-order valence-electron chi connectivity index (χ0n) is 59.5. The van der Waals surface area contributed by atoms with Crippen molar-refractivity contribution in [2.24, 2.45) is 12.8 Å². The number of hydrogen-bond donors (Lipinski definition) is 3. The first kappa shape index (κ1) is 88.1. The van der Waals surface area contributed by atoms with Gasteiger partial charge in [0.05, 0.1) is 65.1 Å². The van der Waals surface area contributed by atoms with E-state index in [0.717, 1.165) is 73.1 Å². The van der Waals surface area contributed by atoms with Gasteiger partial charge in [-0.25, -0.2) is 22.6 Å². The molecule has 3 heterocycles. The molecule has 9 rings (SSSR count). The molecule has 106 heavy (non-hydrogen) atoms. The number of carbonyl (C=O) groups is 5. The van der Waals surface area contributed by atoms with Crippen molar-refractivity contribution in [1.82, 2.24) is 14.3 Å². The Morgan fingerprint density at radius 2 is 1.52 bits per heavy atom. The summed E-state index contributed by atoms with van der Waals surface area (Å²) in [5.41, 5.74) is 5.85. The molecular weight excluding hydrogens is 1510 g/mol. The summed E-state index contributed by atoms with van der Waals surface area (Å²) < 4.78 is 145. The summed E-state index contributed by atoms with van der Waals surface area (Å²) in [5, 5.41) is 11.8. The average Bonchev–Trinajstić information content (AvgIpc) is 1.24. The van der Waals surface area contributed by atoms with Crippen LogP contribution in [-0.4, -0.2) is 144 Å². The Morgan fingerprint density at radius 1 is 0.868 bits per heavy atom. The molecule has 1 aliphatic carbocycles. The minimum Gasteiger partial charge on any atom is -0.489 e. The molecule has 0 radical (unpaired) electrons. The van der Waals surface area contributed by atoms with E-state index < -0.39 is 91.7 Å². The van der Waals surface area contributed by atoms with Crippen molar-refractivity contribution < 1.29 is 102 Å². The number of halogens is 9. The highest BCUT2D eigenvalue weighted by Crippen LogP contribution is 2.43. The lowest BCUT2D eigenvalue weighted by molar-refractivity contribution is -0.148. The number of ether oxygens (including phenoxy) is 5. The third kappa shape index (κ3) is 24.5. The van der Waals surface area contributed by atoms with Gasteiger partial charge in [0, 0.05) is 56.4 Å². The molecule has 0 bridgehead atoms. The Kier molecular flexibility index (Phi) is 32.3. The number of benzene rings is 5. The van der Waals surface area contributed by atoms with Crippen molar-refractivity contribution in [3.05, 3.63) is 187 Å². The normalized spacial score (nSPS) is 14.7. The molecule has 2 aromatic heterocycles. The van der Waals surface area contributed by atoms with E-state index in [0.29, 0.717) is 69.1 Å². The fraction of sp³-hybridized carbons (Fsp3) is 0.408. The molecule has 24 nitrogen and oxygen atoms in total. The summed E-state index contributed by atoms with van der Waals surface area (Å²) in [6.45, 7) is 13.7. The van der Waals surface area contributed by atoms with Gasteiger partial charge in [-0.3, -0.25) is 33.1 Å². The van der Waals surface area contributed by atoms with Crippen molar-refractivity contribution in [2.75, 3.05) is 62.2 Å². The predicted octanol–water partition coefficient (Wildman–Crippen LogP) is 12.3. The van der Waals surface area contributed by atoms with Crippen LogP contribution in [0.2, 0.25) is 0 Å². The number of esters is 1. The standard InChI is InChI=1S/C25H25F3N2O6.C15H22ClNO2.C15H12F3NO4S.C11H11Cl2NO2.C5H12NO4P/c1-5-16-6-7-17(20(12-16)36-15(2)23(32)34-4)14-35-19-10-8-18(9-11-19)30-22(31)13-21(25(26,27)28)29(3)24(30)33;1-5-13-8-6-7-11(2)15(13)17(14(18)9-16)12(3)10-19-4;1-24(21,22)12-6-9(15(16,17)18)4-5-10(12)13(20)11-7-19-23-14(11)8-2-3-8;1-7-6-16-9-5-3-2-4-8(9)14(7)11(15)10(12)13;1-11(9,10)3-2-4(6)5(7)8/h6-13,15H,5,14H2,1-4H3;6-8,12H,5,9-10H2,1-4H3;4-8H,2-3H2,1H3;2-5,7,10H,6H2,1H3;4H,2-3,6H2,1H3,(H,7,8)(H,9,10). The van der Waals surface area contributed by atoms with Crippen molar-refractivity contribution >= 4 is 92.9 Å². The summed E-state index contributed by atoms with van der Waals surface area (Å²) >= 11 is 17.0. The molecule has 1 saturated carbocycles. The summed E-state index contributed by atoms with van der Waals surface area (Å²) in [5.74, 6) is -0.891. The Bertz CT molecular complexity index is 4510. The Balaban J connectivity index is 0.000000252. The number of sulfone groups is 1. The number of rotatable bonds is 23. The van der Waals surface area contributed by atoms with Crippen molar-refractivity contribution in [3.8, 4) is 22.9 Å². The Morgan fingerprint density at radius 3 is 2.07 bits per heavy atom. The van der Waals surface area contributed by atoms with E-state index in [1.54, 1.807) is 23.8 Å². The molecule has 5 atom stereocenters. The summed E-state index contributed by atoms with van der Waals surface area (Å²) in [7, 11) is -3.29. The third-order valence-electron chi connectivity index (χ3n) is 16.0. The number of para-hydroxylation sites is 3. The van der Waals surface area contributed by atoms with Gasteiger partial charge in [0.15, 0.2) is 39.7 Å². The zero-order valence-corrected chi connectivity index (χ0v) is 63.5. The van der Waals surface area contributed by atoms with Crippen LogP contribution < -0.4 is 41.0 Å². The monoisotopic (exact) mass is 1590 g/mol. The third-order valence-corrected chi connectivity index (χ3v) is 18.9. The second kappa shape index (κ2) is 38.8. The largest absolute Gasteiger partial charge is 0.489 e. The van der Waals surface area contributed by atoms with Crippen LogP contribution in [0.3, 0.4) is 0 Å². The first-order valence-corrected chi connectivity index (χ1v) is 38.1. The molecule has 5 unspecified atom stereocenters. The van der Waals surface area contributed by atoms with E-state index in [4.69, 9.17) is 78.7 Å². The van der Waals surface area contributed by atoms with Crippen molar-refractivity contribution in [2.45, 2.75) is 132 Å². The molecule has 2 aliphatic rings. The van der Waals surface area contributed by atoms with Gasteiger partial charge in [-0.1, -0.05) is 84.7 Å². The van der Waals surface area contributed by atoms with Crippen LogP contribution in [0.5, 0.6) is 17.2 Å². The van der Waals surface area contributed by atoms with Crippen LogP contribution in [0.1, 0.15) is 115 Å². The molecule has 35 heteroatoms. The molecule has 0 saturated heterocycles. The average molecular weight is 1590 g/mol. The fourth-order valence-electron chi connectivity index (χ4n) is 10.4. The molecule has 0 spiro atoms. The first-order chi connectivity index (χ1) is 49.5. The van der Waals surface area contributed by atoms with Crippen molar-refractivity contribution in [3.63, 3.8) is 0 Å². The highest BCUT2D eigenvalue weighted by molar-refractivity contribution is 7.90. The minimum atomic E-state index is -4.84. The predicted molar refractivity (Wildman–Crippen MR) is 386 cm³/mol. The summed E-state index contributed by atoms with van der Waals surface area (Å²) in [4.78, 5) is 93.7. The maximum atomic E-state index is 13.1. The number of carboxylic acids is 1. The van der Waals surface area contributed by atoms with E-state index in [-0.39, 0.29) is 71.7 Å². The molecule has 5 aromatic carbocycles. The number of nitrogens with two attached hydrogens (primary N) is 1. The molecule has 7 aromatic rings. The van der Waals surface area contributed by atoms with E-state index in [1.807, 2.05) is 82.3 Å². The number of amides is 2. The maximum Gasteiger partial charge on any atom is 0.431 e. The van der Waals surface area contributed by atoms with Gasteiger partial charge in [0.1, 0.15) is 48.1 Å². The lowest BCUT2D eigenvalue weighted by Crippen LogP contribution is -2.47. The minimum absolute atomic E-state index is 0.0223. The van der Waals surface area contributed by atoms with E-state index in [9.17, 15) is 72.9 Å². The second-order valence-electron chi connectivity index (χ2n) is 24.4. The number of carbonyl (C=O) groups excluding carboxylic acids is 4. The van der Waals surface area contributed by atoms with Crippen LogP contribution in [-0.2, 0) is 81.9 Å². The first-order valence-electron chi connectivity index (χ1n) is 32.5. The molecule has 578 valence electrons. The van der Waals surface area contributed by atoms with Crippen molar-refractivity contribution in [1.29, 1.82) is 0 Å². The SMILES string of the molecule is CC1COc2ccccc2N1C(=O)C(Cl)Cl.CCc1ccc(COc2ccc(-n3c(=O)cc(C(F)(F)F)n(C)c3=O)cc2)c(OC(C)C(=O)OC)c1.CCc1cccc(C)c1N(C(=O)CCl)C(C)COC.CP(=O)(O)CCC(N)C(=O)O.CS(=O)(=O)c1cc(C(F)(F)F)ccc1C(=O)c1cnoc1C1CC1. The van der Waals surface area contributed by atoms with Gasteiger partial charge in [-0.15, -0.1) is 11.6 Å². The lowest BCUT2D eigenvalue weighted by atomic mass is 10.0. The number of aliphatic carboxylic acids is 1. The maximum absolute atomic E-state index is 13.1. The van der Waals surface area contributed by atoms with Gasteiger partial charge in [0.25, 0.3) is 11.5 Å². The number of aromatic nitrogens is 3. The van der Waals surface area contributed by atoms with E-state index in [2.05, 4.69) is 18.1 Å². The quantitative estimate of drug-likeness (QED) is 0.0176. The van der Waals surface area contributed by atoms with Crippen LogP contribution in [0.25, 0.3) is 5.69 Å². The fourth-order valence-corrected chi connectivity index (χ4v) is 12.4. The Hall–Kier alpha value is -8.55. The number of alkyl halides is 9. The topological polar surface area (TPSA) is 326 Å². The highest BCUT2D eigenvalue weighted by atomic mass is 35.5. The summed E-state index contributed by atoms with van der Waals surface area (Å²) in [6, 6.07) is 26.0. The smallest absolute Gasteiger partial charge is 0.431 e. The van der Waals surface area contributed by atoms with Gasteiger partial charge in [-0.05, 0) is 137 Å². The van der Waals surface area contributed by atoms with Gasteiger partial charge >= 0.3 is 30.0 Å². The zero-order chi connectivity index (χ0) is 79.5. The number of ketones is 1. The van der Waals surface area contributed by atoms with Gasteiger partial charge < -0.3 is 53.7 Å². The second-order valence-corrected chi connectivity index (χ2v) is 30.3. The van der Waals surface area contributed by atoms with Crippen LogP contribution in [0.4, 0.5) is 37.7 Å². The highest BCUT2D eigenvalue weighted by Gasteiger charge is 2.38. The number of hydrogen-bond acceptors (Lipinski definition) is 18. The van der Waals surface area contributed by atoms with Gasteiger partial charge in [0.2, 0.25) is 5.91 Å². The number of methoxy groups -OCH3 is 2. The van der Waals surface area contributed by atoms with Crippen LogP contribution >= 0.6 is 42.2 Å². The number of anilines is 2. The summed E-state index contributed by atoms with van der Waals surface area (Å²) in [6.07, 6.45) is -5.17. The molecule has 1 fully saturated rings. The molecular formula is C71H82Cl3F6N6O18PS. The van der Waals surface area contributed by atoms with Crippen LogP contribution in [0, 0.1) is 6.92 Å². The number of fused-ring (bicyclic) bond motifs is 1. The lowest BCUT2D eigenvalue weighted by Gasteiger charge is -2.35. The number of nitrogens with zero attached hydrogens (tertiary/aromatic N) is 5. The van der Waals surface area contributed by atoms with E-state index >= 15 is 0 Å². The van der Waals surface area contributed by atoms with E-state index in [1.165, 1.54) is 44.2 Å². The Labute approximate surface area is 622 Å². The molecule has 1 aliphatic heterocycles. The number of carboxylic acid groups (broad SMARTS) is 1.